The molecule has 0 aromatic heterocycles. The van der Waals surface area contributed by atoms with Crippen molar-refractivity contribution in [1.82, 2.24) is 10.6 Å². The highest BCUT2D eigenvalue weighted by molar-refractivity contribution is 5.95. The maximum Gasteiger partial charge on any atom is 0.251 e. The zero-order valence-electron chi connectivity index (χ0n) is 24.9. The Hall–Kier alpha value is -2.86. The van der Waals surface area contributed by atoms with Gasteiger partial charge in [-0.2, -0.15) is 0 Å². The van der Waals surface area contributed by atoms with Gasteiger partial charge in [-0.05, 0) is 61.1 Å². The average molecular weight is 609 g/mol. The van der Waals surface area contributed by atoms with Gasteiger partial charge in [0.15, 0.2) is 0 Å². The number of hydrogen-bond acceptors (Lipinski definition) is 8. The number of aliphatic hydroxyl groups is 6. The van der Waals surface area contributed by atoms with Gasteiger partial charge in [0.25, 0.3) is 11.8 Å². The van der Waals surface area contributed by atoms with Gasteiger partial charge < -0.3 is 41.3 Å². The average Bonchev–Trinajstić information content (AvgIpc) is 3.05. The molecule has 4 aliphatic rings. The summed E-state index contributed by atoms with van der Waals surface area (Å²) in [6.45, 7) is -0.906. The first-order valence-electron chi connectivity index (χ1n) is 16.0. The second-order valence-electron chi connectivity index (χ2n) is 13.3. The van der Waals surface area contributed by atoms with Gasteiger partial charge in [0, 0.05) is 29.1 Å². The van der Waals surface area contributed by atoms with Gasteiger partial charge in [-0.3, -0.25) is 9.59 Å². The normalized spacial score (nSPS) is 34.6. The molecule has 238 valence electrons. The fraction of sp³-hybridized carbons (Fsp3) is 0.588. The maximum atomic E-state index is 12.8. The van der Waals surface area contributed by atoms with Crippen LogP contribution in [0.5, 0.6) is 0 Å². The number of nitrogens with one attached hydrogen (secondary N) is 2. The van der Waals surface area contributed by atoms with E-state index in [4.69, 9.17) is 0 Å². The standard InChI is InChI=1S/C34H44N2O8/c37-19-26(38)32(42)28(21-13-17-23(18-14-21)31(41)36-25-9-5-2-6-10-25)33(43)29(39)27(34(32,33)44)20-11-15-22(16-12-20)30(40)35-24-7-3-1-4-8-24/h11-18,24-29,37-39,42-44H,1-10,19H2,(H,35,40)(H,36,41)/t26-,27?,28?,29?,32+,33+,34+/m1/s1. The Bertz CT molecular complexity index is 1350. The molecule has 2 aromatic carbocycles. The SMILES string of the molecule is O=C(NC1CCCCC1)c1ccc(C2C(O)[C@@]3(O)C(c4ccc(C(=O)NC5CCCCC5)cc4)[C@@](O)([C@H](O)CO)[C@@]23O)cc1. The molecular weight excluding hydrogens is 564 g/mol. The highest BCUT2D eigenvalue weighted by atomic mass is 16.5. The van der Waals surface area contributed by atoms with E-state index in [1.54, 1.807) is 36.4 Å². The molecule has 0 heterocycles. The van der Waals surface area contributed by atoms with Crippen LogP contribution < -0.4 is 10.6 Å². The minimum atomic E-state index is -2.44. The molecule has 2 aromatic rings. The first-order valence-corrected chi connectivity index (χ1v) is 16.0. The fourth-order valence-electron chi connectivity index (χ4n) is 8.52. The Morgan fingerprint density at radius 3 is 1.59 bits per heavy atom. The van der Waals surface area contributed by atoms with Gasteiger partial charge in [0.1, 0.15) is 22.9 Å². The quantitative estimate of drug-likeness (QED) is 0.223. The van der Waals surface area contributed by atoms with E-state index >= 15 is 0 Å². The zero-order valence-corrected chi connectivity index (χ0v) is 24.9. The van der Waals surface area contributed by atoms with Crippen molar-refractivity contribution in [3.63, 3.8) is 0 Å². The lowest BCUT2D eigenvalue weighted by molar-refractivity contribution is -0.459. The second kappa shape index (κ2) is 11.8. The molecule has 4 aliphatic carbocycles. The number of rotatable bonds is 8. The number of aliphatic hydroxyl groups excluding tert-OH is 3. The van der Waals surface area contributed by atoms with Crippen molar-refractivity contribution in [2.24, 2.45) is 0 Å². The molecule has 10 nitrogen and oxygen atoms in total. The number of carbonyl (C=O) groups excluding carboxylic acids is 2. The molecule has 3 unspecified atom stereocenters. The molecule has 8 N–H and O–H groups in total. The topological polar surface area (TPSA) is 180 Å². The van der Waals surface area contributed by atoms with E-state index in [0.717, 1.165) is 57.8 Å². The number of carbonyl (C=O) groups is 2. The monoisotopic (exact) mass is 608 g/mol. The van der Waals surface area contributed by atoms with Crippen LogP contribution in [0.25, 0.3) is 0 Å². The predicted molar refractivity (Wildman–Crippen MR) is 161 cm³/mol. The van der Waals surface area contributed by atoms with Crippen molar-refractivity contribution in [2.45, 2.75) is 117 Å². The Balaban J connectivity index is 1.23. The van der Waals surface area contributed by atoms with Gasteiger partial charge in [-0.15, -0.1) is 0 Å². The molecule has 44 heavy (non-hydrogen) atoms. The molecule has 10 heteroatoms. The van der Waals surface area contributed by atoms with Crippen molar-refractivity contribution in [1.29, 1.82) is 0 Å². The van der Waals surface area contributed by atoms with E-state index < -0.39 is 47.5 Å². The summed E-state index contributed by atoms with van der Waals surface area (Å²) in [5.74, 6) is -3.05. The van der Waals surface area contributed by atoms with E-state index in [9.17, 15) is 40.2 Å². The molecule has 0 saturated heterocycles. The molecule has 0 spiro atoms. The molecule has 6 rings (SSSR count). The second-order valence-corrected chi connectivity index (χ2v) is 13.3. The number of amides is 2. The highest BCUT2D eigenvalue weighted by Crippen LogP contribution is 2.75. The van der Waals surface area contributed by atoms with Crippen LogP contribution in [0, 0.1) is 0 Å². The number of benzene rings is 2. The minimum absolute atomic E-state index is 0.116. The first-order chi connectivity index (χ1) is 21.1. The van der Waals surface area contributed by atoms with Gasteiger partial charge in [-0.1, -0.05) is 62.8 Å². The summed E-state index contributed by atoms with van der Waals surface area (Å²) in [6, 6.07) is 12.6. The van der Waals surface area contributed by atoms with Crippen LogP contribution in [-0.2, 0) is 0 Å². The van der Waals surface area contributed by atoms with Crippen molar-refractivity contribution in [2.75, 3.05) is 6.61 Å². The Kier molecular flexibility index (Phi) is 8.36. The lowest BCUT2D eigenvalue weighted by Gasteiger charge is -2.80. The summed E-state index contributed by atoms with van der Waals surface area (Å²) in [5, 5.41) is 73.7. The van der Waals surface area contributed by atoms with Gasteiger partial charge >= 0.3 is 0 Å². The predicted octanol–water partition coefficient (Wildman–Crippen LogP) is 1.61. The summed E-state index contributed by atoms with van der Waals surface area (Å²) in [5.41, 5.74) is -5.69. The zero-order chi connectivity index (χ0) is 31.3. The molecule has 4 saturated carbocycles. The van der Waals surface area contributed by atoms with Crippen LogP contribution in [0.3, 0.4) is 0 Å². The summed E-state index contributed by atoms with van der Waals surface area (Å²) in [4.78, 5) is 25.6. The fourth-order valence-corrected chi connectivity index (χ4v) is 8.52. The number of hydrogen-bond donors (Lipinski definition) is 8. The van der Waals surface area contributed by atoms with Gasteiger partial charge in [-0.25, -0.2) is 0 Å². The Morgan fingerprint density at radius 2 is 1.16 bits per heavy atom. The van der Waals surface area contributed by atoms with Crippen molar-refractivity contribution in [3.8, 4) is 0 Å². The third-order valence-corrected chi connectivity index (χ3v) is 10.9. The van der Waals surface area contributed by atoms with E-state index in [-0.39, 0.29) is 29.5 Å². The van der Waals surface area contributed by atoms with Crippen LogP contribution in [-0.4, -0.2) is 90.2 Å². The molecule has 0 radical (unpaired) electrons. The van der Waals surface area contributed by atoms with Gasteiger partial charge in [0.05, 0.1) is 18.6 Å². The van der Waals surface area contributed by atoms with Crippen molar-refractivity contribution in [3.05, 3.63) is 70.8 Å². The van der Waals surface area contributed by atoms with Crippen LogP contribution in [0.2, 0.25) is 0 Å². The summed E-state index contributed by atoms with van der Waals surface area (Å²) >= 11 is 0. The van der Waals surface area contributed by atoms with Gasteiger partial charge in [0.2, 0.25) is 0 Å². The Labute approximate surface area is 257 Å². The van der Waals surface area contributed by atoms with Crippen molar-refractivity contribution >= 4 is 11.8 Å². The van der Waals surface area contributed by atoms with Crippen LogP contribution in [0.4, 0.5) is 0 Å². The van der Waals surface area contributed by atoms with Crippen LogP contribution in [0.15, 0.2) is 48.5 Å². The van der Waals surface area contributed by atoms with E-state index in [2.05, 4.69) is 10.6 Å². The Morgan fingerprint density at radius 1 is 0.727 bits per heavy atom. The lowest BCUT2D eigenvalue weighted by Crippen LogP contribution is -2.99. The van der Waals surface area contributed by atoms with E-state index in [0.29, 0.717) is 16.7 Å². The molecule has 0 bridgehead atoms. The highest BCUT2D eigenvalue weighted by Gasteiger charge is 2.93. The largest absolute Gasteiger partial charge is 0.394 e. The number of fused-ring (bicyclic) bond motifs is 1. The molecule has 7 atom stereocenters. The summed E-state index contributed by atoms with van der Waals surface area (Å²) < 4.78 is 0. The molecule has 0 aliphatic heterocycles. The van der Waals surface area contributed by atoms with E-state index in [1.807, 2.05) is 0 Å². The molecule has 2 amide bonds. The van der Waals surface area contributed by atoms with Crippen LogP contribution >= 0.6 is 0 Å². The first kappa shape index (κ1) is 31.1. The van der Waals surface area contributed by atoms with Crippen molar-refractivity contribution < 1.29 is 40.2 Å². The molecule has 4 fully saturated rings. The third kappa shape index (κ3) is 4.61. The van der Waals surface area contributed by atoms with Crippen LogP contribution in [0.1, 0.15) is 108 Å². The summed E-state index contributed by atoms with van der Waals surface area (Å²) in [7, 11) is 0. The summed E-state index contributed by atoms with van der Waals surface area (Å²) in [6.07, 6.45) is 6.96. The lowest BCUT2D eigenvalue weighted by atomic mass is 9.30. The third-order valence-electron chi connectivity index (χ3n) is 10.9. The van der Waals surface area contributed by atoms with E-state index in [1.165, 1.54) is 18.6 Å². The maximum absolute atomic E-state index is 12.8. The molecular formula is C34H44N2O8. The minimum Gasteiger partial charge on any atom is -0.394 e. The smallest absolute Gasteiger partial charge is 0.251 e.